The Morgan fingerprint density at radius 1 is 0.909 bits per heavy atom. The van der Waals surface area contributed by atoms with Gasteiger partial charge in [-0.05, 0) is 11.5 Å². The van der Waals surface area contributed by atoms with Crippen molar-refractivity contribution >= 4 is 21.9 Å². The lowest BCUT2D eigenvalue weighted by Gasteiger charge is -2.04. The molecule has 2 heteroatoms. The van der Waals surface area contributed by atoms with Gasteiger partial charge in [0.15, 0.2) is 0 Å². The monoisotopic (exact) mass is 287 g/mol. The maximum Gasteiger partial charge on any atom is 0.139 e. The van der Waals surface area contributed by atoms with Gasteiger partial charge in [-0.25, -0.2) is 0 Å². The molecule has 0 atom stereocenters. The normalized spacial score (nSPS) is 11.6. The number of pyridine rings is 1. The van der Waals surface area contributed by atoms with E-state index in [0.29, 0.717) is 5.92 Å². The van der Waals surface area contributed by atoms with Gasteiger partial charge in [0.2, 0.25) is 0 Å². The molecule has 22 heavy (non-hydrogen) atoms. The van der Waals surface area contributed by atoms with E-state index in [1.165, 1.54) is 5.56 Å². The second kappa shape index (κ2) is 4.99. The average Bonchev–Trinajstić information content (AvgIpc) is 2.93. The van der Waals surface area contributed by atoms with E-state index in [0.717, 1.165) is 33.2 Å². The van der Waals surface area contributed by atoms with Crippen LogP contribution in [0.1, 0.15) is 25.3 Å². The quantitative estimate of drug-likeness (QED) is 0.467. The molecule has 0 saturated heterocycles. The van der Waals surface area contributed by atoms with Gasteiger partial charge in [0.05, 0.1) is 5.69 Å². The van der Waals surface area contributed by atoms with Crippen LogP contribution < -0.4 is 0 Å². The summed E-state index contributed by atoms with van der Waals surface area (Å²) >= 11 is 0. The second-order valence-corrected chi connectivity index (χ2v) is 5.91. The summed E-state index contributed by atoms with van der Waals surface area (Å²) in [5.41, 5.74) is 5.18. The standard InChI is InChI=1S/C20H17NO/c1-13(2)15-9-6-10-16-17-12-21-18(11-19(17)22-20(15)16)14-7-4-3-5-8-14/h3-13H,1-2H3. The molecule has 0 radical (unpaired) electrons. The minimum absolute atomic E-state index is 0.436. The molecule has 0 aliphatic rings. The molecule has 2 nitrogen and oxygen atoms in total. The number of benzene rings is 2. The zero-order chi connectivity index (χ0) is 15.1. The van der Waals surface area contributed by atoms with Crippen molar-refractivity contribution in [1.82, 2.24) is 4.98 Å². The Bertz CT molecular complexity index is 951. The maximum absolute atomic E-state index is 6.17. The summed E-state index contributed by atoms with van der Waals surface area (Å²) in [6.07, 6.45) is 1.92. The molecule has 4 rings (SSSR count). The molecule has 4 aromatic rings. The van der Waals surface area contributed by atoms with Crippen LogP contribution in [0, 0.1) is 0 Å². The van der Waals surface area contributed by atoms with E-state index in [1.54, 1.807) is 0 Å². The van der Waals surface area contributed by atoms with Crippen LogP contribution in [-0.2, 0) is 0 Å². The molecule has 0 saturated carbocycles. The van der Waals surface area contributed by atoms with Gasteiger partial charge in [-0.1, -0.05) is 62.4 Å². The lowest BCUT2D eigenvalue weighted by molar-refractivity contribution is 0.657. The van der Waals surface area contributed by atoms with Crippen molar-refractivity contribution in [2.24, 2.45) is 0 Å². The fourth-order valence-electron chi connectivity index (χ4n) is 2.94. The predicted octanol–water partition coefficient (Wildman–Crippen LogP) is 5.77. The summed E-state index contributed by atoms with van der Waals surface area (Å²) in [6, 6.07) is 18.6. The number of para-hydroxylation sites is 1. The highest BCUT2D eigenvalue weighted by Gasteiger charge is 2.13. The van der Waals surface area contributed by atoms with Gasteiger partial charge >= 0.3 is 0 Å². The van der Waals surface area contributed by atoms with Crippen LogP contribution in [0.4, 0.5) is 0 Å². The van der Waals surface area contributed by atoms with E-state index in [4.69, 9.17) is 4.42 Å². The highest BCUT2D eigenvalue weighted by atomic mass is 16.3. The summed E-state index contributed by atoms with van der Waals surface area (Å²) < 4.78 is 6.17. The summed E-state index contributed by atoms with van der Waals surface area (Å²) in [4.78, 5) is 4.61. The number of hydrogen-bond donors (Lipinski definition) is 0. The van der Waals surface area contributed by atoms with Crippen LogP contribution in [0.2, 0.25) is 0 Å². The van der Waals surface area contributed by atoms with E-state index >= 15 is 0 Å². The Morgan fingerprint density at radius 3 is 2.50 bits per heavy atom. The number of fused-ring (bicyclic) bond motifs is 3. The molecule has 2 heterocycles. The minimum Gasteiger partial charge on any atom is -0.456 e. The molecule has 2 aromatic carbocycles. The van der Waals surface area contributed by atoms with Crippen LogP contribution >= 0.6 is 0 Å². The molecule has 0 bridgehead atoms. The first-order chi connectivity index (χ1) is 10.7. The van der Waals surface area contributed by atoms with E-state index in [1.807, 2.05) is 30.5 Å². The molecule has 0 aliphatic carbocycles. The smallest absolute Gasteiger partial charge is 0.139 e. The highest BCUT2D eigenvalue weighted by molar-refractivity contribution is 6.06. The lowest BCUT2D eigenvalue weighted by atomic mass is 10.0. The molecule has 108 valence electrons. The Hall–Kier alpha value is -2.61. The molecule has 2 aromatic heterocycles. The first-order valence-corrected chi connectivity index (χ1v) is 7.60. The van der Waals surface area contributed by atoms with E-state index < -0.39 is 0 Å². The fraction of sp³-hybridized carbons (Fsp3) is 0.150. The SMILES string of the molecule is CC(C)c1cccc2c1oc1cc(-c3ccccc3)ncc12. The zero-order valence-electron chi connectivity index (χ0n) is 12.7. The van der Waals surface area contributed by atoms with Crippen molar-refractivity contribution in [3.05, 3.63) is 66.4 Å². The predicted molar refractivity (Wildman–Crippen MR) is 91.0 cm³/mol. The van der Waals surface area contributed by atoms with Gasteiger partial charge in [0.25, 0.3) is 0 Å². The number of rotatable bonds is 2. The highest BCUT2D eigenvalue weighted by Crippen LogP contribution is 2.34. The van der Waals surface area contributed by atoms with Gasteiger partial charge in [0, 0.05) is 28.6 Å². The first-order valence-electron chi connectivity index (χ1n) is 7.60. The first kappa shape index (κ1) is 13.1. The third-order valence-electron chi connectivity index (χ3n) is 4.11. The maximum atomic E-state index is 6.17. The van der Waals surface area contributed by atoms with Crippen LogP contribution in [0.5, 0.6) is 0 Å². The lowest BCUT2D eigenvalue weighted by Crippen LogP contribution is -1.86. The molecule has 0 unspecified atom stereocenters. The summed E-state index contributed by atoms with van der Waals surface area (Å²) in [5.74, 6) is 0.436. The van der Waals surface area contributed by atoms with E-state index in [2.05, 4.69) is 49.2 Å². The Labute approximate surface area is 129 Å². The minimum atomic E-state index is 0.436. The molecule has 0 spiro atoms. The Balaban J connectivity index is 1.98. The van der Waals surface area contributed by atoms with Crippen LogP contribution in [-0.4, -0.2) is 4.98 Å². The van der Waals surface area contributed by atoms with E-state index in [9.17, 15) is 0 Å². The second-order valence-electron chi connectivity index (χ2n) is 5.91. The molecule has 0 N–H and O–H groups in total. The number of furan rings is 1. The topological polar surface area (TPSA) is 26.0 Å². The molecule has 0 fully saturated rings. The van der Waals surface area contributed by atoms with Gasteiger partial charge < -0.3 is 4.42 Å². The number of hydrogen-bond acceptors (Lipinski definition) is 2. The zero-order valence-corrected chi connectivity index (χ0v) is 12.7. The van der Waals surface area contributed by atoms with Crippen molar-refractivity contribution < 1.29 is 4.42 Å². The van der Waals surface area contributed by atoms with Crippen molar-refractivity contribution in [3.63, 3.8) is 0 Å². The average molecular weight is 287 g/mol. The van der Waals surface area contributed by atoms with E-state index in [-0.39, 0.29) is 0 Å². The van der Waals surface area contributed by atoms with Gasteiger partial charge in [-0.15, -0.1) is 0 Å². The molecule has 0 amide bonds. The summed E-state index contributed by atoms with van der Waals surface area (Å²) in [5, 5.41) is 2.23. The van der Waals surface area contributed by atoms with Crippen LogP contribution in [0.3, 0.4) is 0 Å². The van der Waals surface area contributed by atoms with Crippen LogP contribution in [0.25, 0.3) is 33.2 Å². The Kier molecular flexibility index (Phi) is 2.97. The van der Waals surface area contributed by atoms with Crippen molar-refractivity contribution in [2.45, 2.75) is 19.8 Å². The van der Waals surface area contributed by atoms with Crippen LogP contribution in [0.15, 0.2) is 65.2 Å². The number of nitrogens with zero attached hydrogens (tertiary/aromatic N) is 1. The molecular weight excluding hydrogens is 270 g/mol. The summed E-state index contributed by atoms with van der Waals surface area (Å²) in [7, 11) is 0. The van der Waals surface area contributed by atoms with Gasteiger partial charge in [0.1, 0.15) is 11.2 Å². The van der Waals surface area contributed by atoms with Crippen molar-refractivity contribution in [1.29, 1.82) is 0 Å². The largest absolute Gasteiger partial charge is 0.456 e. The third kappa shape index (κ3) is 2.00. The third-order valence-corrected chi connectivity index (χ3v) is 4.11. The number of aromatic nitrogens is 1. The van der Waals surface area contributed by atoms with Crippen molar-refractivity contribution in [2.75, 3.05) is 0 Å². The molecular formula is C20H17NO. The van der Waals surface area contributed by atoms with Crippen molar-refractivity contribution in [3.8, 4) is 11.3 Å². The fourth-order valence-corrected chi connectivity index (χ4v) is 2.94. The van der Waals surface area contributed by atoms with Gasteiger partial charge in [-0.2, -0.15) is 0 Å². The Morgan fingerprint density at radius 2 is 1.73 bits per heavy atom. The molecule has 0 aliphatic heterocycles. The van der Waals surface area contributed by atoms with Gasteiger partial charge in [-0.3, -0.25) is 4.98 Å². The summed E-state index contributed by atoms with van der Waals surface area (Å²) in [6.45, 7) is 4.38.